The number of hydrogen-bond donors (Lipinski definition) is 1. The number of hydrogen-bond acceptors (Lipinski definition) is 1. The van der Waals surface area contributed by atoms with Gasteiger partial charge in [0.15, 0.2) is 0 Å². The van der Waals surface area contributed by atoms with Crippen molar-refractivity contribution in [3.8, 4) is 0 Å². The molecule has 0 bridgehead atoms. The van der Waals surface area contributed by atoms with Crippen molar-refractivity contribution in [1.29, 1.82) is 0 Å². The van der Waals surface area contributed by atoms with Crippen molar-refractivity contribution in [3.05, 3.63) is 40.5 Å². The van der Waals surface area contributed by atoms with Gasteiger partial charge in [0.25, 0.3) is 0 Å². The van der Waals surface area contributed by atoms with Crippen molar-refractivity contribution in [3.63, 3.8) is 0 Å². The lowest BCUT2D eigenvalue weighted by Crippen LogP contribution is -2.08. The molecule has 0 heterocycles. The minimum atomic E-state index is 0.952. The summed E-state index contributed by atoms with van der Waals surface area (Å²) in [6, 6.07) is 6.42. The van der Waals surface area contributed by atoms with E-state index < -0.39 is 0 Å². The standard InChI is InChI=1S/C13H19N/c1-10(9-14-4)8-13-11(2)6-5-7-12(13)3/h5-8,14H,9H2,1-4H3/b10-8+. The van der Waals surface area contributed by atoms with Gasteiger partial charge in [-0.3, -0.25) is 0 Å². The van der Waals surface area contributed by atoms with Crippen molar-refractivity contribution >= 4 is 6.08 Å². The quantitative estimate of drug-likeness (QED) is 0.771. The summed E-state index contributed by atoms with van der Waals surface area (Å²) < 4.78 is 0. The van der Waals surface area contributed by atoms with E-state index in [-0.39, 0.29) is 0 Å². The van der Waals surface area contributed by atoms with Crippen LogP contribution in [-0.2, 0) is 0 Å². The molecule has 1 nitrogen and oxygen atoms in total. The Morgan fingerprint density at radius 2 is 1.86 bits per heavy atom. The molecule has 0 spiro atoms. The molecular formula is C13H19N. The molecular weight excluding hydrogens is 170 g/mol. The zero-order valence-electron chi connectivity index (χ0n) is 9.52. The maximum atomic E-state index is 3.16. The van der Waals surface area contributed by atoms with E-state index in [9.17, 15) is 0 Å². The first-order valence-corrected chi connectivity index (χ1v) is 5.03. The third kappa shape index (κ3) is 2.71. The maximum Gasteiger partial charge on any atom is 0.0162 e. The number of nitrogens with one attached hydrogen (secondary N) is 1. The Hall–Kier alpha value is -1.08. The second-order valence-corrected chi connectivity index (χ2v) is 3.83. The molecule has 1 aromatic rings. The van der Waals surface area contributed by atoms with Gasteiger partial charge in [-0.15, -0.1) is 0 Å². The van der Waals surface area contributed by atoms with Crippen LogP contribution in [0.5, 0.6) is 0 Å². The number of benzene rings is 1. The zero-order valence-corrected chi connectivity index (χ0v) is 9.52. The van der Waals surface area contributed by atoms with Gasteiger partial charge in [0.05, 0.1) is 0 Å². The predicted molar refractivity (Wildman–Crippen MR) is 63.5 cm³/mol. The first-order valence-electron chi connectivity index (χ1n) is 5.03. The van der Waals surface area contributed by atoms with Crippen LogP contribution in [0.25, 0.3) is 6.08 Å². The summed E-state index contributed by atoms with van der Waals surface area (Å²) in [5.74, 6) is 0. The Morgan fingerprint density at radius 1 is 1.29 bits per heavy atom. The molecule has 14 heavy (non-hydrogen) atoms. The van der Waals surface area contributed by atoms with Gasteiger partial charge in [0, 0.05) is 6.54 Å². The Labute approximate surface area is 86.8 Å². The monoisotopic (exact) mass is 189 g/mol. The highest BCUT2D eigenvalue weighted by molar-refractivity contribution is 5.59. The molecule has 0 aliphatic rings. The lowest BCUT2D eigenvalue weighted by atomic mass is 10.0. The normalized spacial score (nSPS) is 11.9. The van der Waals surface area contributed by atoms with Gasteiger partial charge in [-0.05, 0) is 44.5 Å². The zero-order chi connectivity index (χ0) is 10.6. The van der Waals surface area contributed by atoms with Gasteiger partial charge in [-0.2, -0.15) is 0 Å². The van der Waals surface area contributed by atoms with E-state index in [0.717, 1.165) is 6.54 Å². The van der Waals surface area contributed by atoms with E-state index in [1.807, 2.05) is 7.05 Å². The summed E-state index contributed by atoms with van der Waals surface area (Å²) >= 11 is 0. The van der Waals surface area contributed by atoms with E-state index in [1.54, 1.807) is 0 Å². The molecule has 0 atom stereocenters. The summed E-state index contributed by atoms with van der Waals surface area (Å²) in [6.45, 7) is 7.42. The van der Waals surface area contributed by atoms with Gasteiger partial charge in [0.2, 0.25) is 0 Å². The van der Waals surface area contributed by atoms with Crippen molar-refractivity contribution in [2.24, 2.45) is 0 Å². The summed E-state index contributed by atoms with van der Waals surface area (Å²) in [4.78, 5) is 0. The van der Waals surface area contributed by atoms with Crippen LogP contribution in [0, 0.1) is 13.8 Å². The number of aryl methyl sites for hydroxylation is 2. The number of rotatable bonds is 3. The average Bonchev–Trinajstić information content (AvgIpc) is 2.12. The van der Waals surface area contributed by atoms with Gasteiger partial charge in [0.1, 0.15) is 0 Å². The molecule has 1 aromatic carbocycles. The van der Waals surface area contributed by atoms with Gasteiger partial charge in [-0.1, -0.05) is 29.8 Å². The Bertz CT molecular complexity index is 317. The molecule has 1 heteroatoms. The van der Waals surface area contributed by atoms with Crippen molar-refractivity contribution < 1.29 is 0 Å². The highest BCUT2D eigenvalue weighted by atomic mass is 14.8. The van der Waals surface area contributed by atoms with Gasteiger partial charge >= 0.3 is 0 Å². The fraction of sp³-hybridized carbons (Fsp3) is 0.385. The summed E-state index contributed by atoms with van der Waals surface area (Å²) in [6.07, 6.45) is 2.27. The van der Waals surface area contributed by atoms with Crippen LogP contribution in [0.1, 0.15) is 23.6 Å². The Balaban J connectivity index is 3.01. The maximum absolute atomic E-state index is 3.16. The summed E-state index contributed by atoms with van der Waals surface area (Å²) in [5, 5.41) is 3.16. The van der Waals surface area contributed by atoms with E-state index >= 15 is 0 Å². The second kappa shape index (κ2) is 4.97. The van der Waals surface area contributed by atoms with E-state index in [0.29, 0.717) is 0 Å². The van der Waals surface area contributed by atoms with Gasteiger partial charge in [-0.25, -0.2) is 0 Å². The fourth-order valence-corrected chi connectivity index (χ4v) is 1.63. The molecule has 0 saturated heterocycles. The van der Waals surface area contributed by atoms with Crippen LogP contribution >= 0.6 is 0 Å². The van der Waals surface area contributed by atoms with Crippen LogP contribution in [0.4, 0.5) is 0 Å². The highest BCUT2D eigenvalue weighted by Gasteiger charge is 1.98. The molecule has 0 saturated carbocycles. The third-order valence-corrected chi connectivity index (χ3v) is 2.39. The Kier molecular flexibility index (Phi) is 3.90. The molecule has 1 N–H and O–H groups in total. The lowest BCUT2D eigenvalue weighted by molar-refractivity contribution is 0.884. The molecule has 0 fully saturated rings. The summed E-state index contributed by atoms with van der Waals surface area (Å²) in [5.41, 5.74) is 5.42. The molecule has 0 radical (unpaired) electrons. The molecule has 1 rings (SSSR count). The van der Waals surface area contributed by atoms with Crippen molar-refractivity contribution in [1.82, 2.24) is 5.32 Å². The molecule has 0 aliphatic heterocycles. The largest absolute Gasteiger partial charge is 0.316 e. The molecule has 76 valence electrons. The van der Waals surface area contributed by atoms with Crippen LogP contribution in [0.2, 0.25) is 0 Å². The van der Waals surface area contributed by atoms with Crippen LogP contribution in [0.3, 0.4) is 0 Å². The van der Waals surface area contributed by atoms with Crippen LogP contribution in [-0.4, -0.2) is 13.6 Å². The van der Waals surface area contributed by atoms with E-state index in [4.69, 9.17) is 0 Å². The summed E-state index contributed by atoms with van der Waals surface area (Å²) in [7, 11) is 1.97. The minimum Gasteiger partial charge on any atom is -0.316 e. The highest BCUT2D eigenvalue weighted by Crippen LogP contribution is 2.16. The first-order chi connectivity index (χ1) is 6.65. The second-order valence-electron chi connectivity index (χ2n) is 3.83. The van der Waals surface area contributed by atoms with Crippen molar-refractivity contribution in [2.45, 2.75) is 20.8 Å². The SMILES string of the molecule is CNC/C(C)=C/c1c(C)cccc1C. The van der Waals surface area contributed by atoms with Crippen molar-refractivity contribution in [2.75, 3.05) is 13.6 Å². The molecule has 0 amide bonds. The minimum absolute atomic E-state index is 0.952. The fourth-order valence-electron chi connectivity index (χ4n) is 1.63. The average molecular weight is 189 g/mol. The van der Waals surface area contributed by atoms with Crippen LogP contribution < -0.4 is 5.32 Å². The first kappa shape index (κ1) is 11.0. The molecule has 0 aliphatic carbocycles. The third-order valence-electron chi connectivity index (χ3n) is 2.39. The topological polar surface area (TPSA) is 12.0 Å². The Morgan fingerprint density at radius 3 is 2.36 bits per heavy atom. The number of likely N-dealkylation sites (N-methyl/N-ethyl adjacent to an activating group) is 1. The van der Waals surface area contributed by atoms with Crippen LogP contribution in [0.15, 0.2) is 23.8 Å². The van der Waals surface area contributed by atoms with E-state index in [2.05, 4.69) is 50.4 Å². The smallest absolute Gasteiger partial charge is 0.0162 e. The molecule has 0 unspecified atom stereocenters. The van der Waals surface area contributed by atoms with Gasteiger partial charge < -0.3 is 5.32 Å². The predicted octanol–water partition coefficient (Wildman–Crippen LogP) is 2.93. The lowest BCUT2D eigenvalue weighted by Gasteiger charge is -2.06. The molecule has 0 aromatic heterocycles. The van der Waals surface area contributed by atoms with E-state index in [1.165, 1.54) is 22.3 Å².